The first-order valence-corrected chi connectivity index (χ1v) is 7.08. The van der Waals surface area contributed by atoms with E-state index in [0.29, 0.717) is 5.75 Å². The van der Waals surface area contributed by atoms with E-state index in [1.165, 1.54) is 18.3 Å². The van der Waals surface area contributed by atoms with Gasteiger partial charge in [-0.1, -0.05) is 18.2 Å². The van der Waals surface area contributed by atoms with Gasteiger partial charge in [0.1, 0.15) is 5.75 Å². The lowest BCUT2D eigenvalue weighted by molar-refractivity contribution is -0.137. The average molecular weight is 322 g/mol. The van der Waals surface area contributed by atoms with Crippen molar-refractivity contribution in [2.75, 3.05) is 5.43 Å². The van der Waals surface area contributed by atoms with Crippen LogP contribution >= 0.6 is 0 Å². The molecule has 2 rings (SSSR count). The molecule has 0 aliphatic carbocycles. The molecule has 0 aliphatic heterocycles. The van der Waals surface area contributed by atoms with E-state index in [4.69, 9.17) is 4.74 Å². The molecule has 0 heterocycles. The standard InChI is InChI=1S/C17H17F3N2O/c1-12(2)23-16-9-4-3-6-13(16)11-21-22-15-8-5-7-14(10-15)17(18,19)20/h3-12,22H,1-2H3. The number of benzene rings is 2. The van der Waals surface area contributed by atoms with Crippen molar-refractivity contribution in [1.82, 2.24) is 0 Å². The molecular formula is C17H17F3N2O. The molecule has 23 heavy (non-hydrogen) atoms. The molecule has 0 bridgehead atoms. The number of hydrazone groups is 1. The first kappa shape index (κ1) is 16.9. The molecule has 0 saturated heterocycles. The van der Waals surface area contributed by atoms with Gasteiger partial charge in [0.15, 0.2) is 0 Å². The number of nitrogens with zero attached hydrogens (tertiary/aromatic N) is 1. The lowest BCUT2D eigenvalue weighted by Gasteiger charge is -2.12. The number of alkyl halides is 3. The second-order valence-corrected chi connectivity index (χ2v) is 5.15. The first-order chi connectivity index (χ1) is 10.9. The lowest BCUT2D eigenvalue weighted by atomic mass is 10.2. The zero-order valence-corrected chi connectivity index (χ0v) is 12.8. The average Bonchev–Trinajstić information content (AvgIpc) is 2.48. The van der Waals surface area contributed by atoms with Crippen LogP contribution in [0.1, 0.15) is 25.0 Å². The number of rotatable bonds is 5. The minimum Gasteiger partial charge on any atom is -0.490 e. The Morgan fingerprint density at radius 2 is 1.83 bits per heavy atom. The Kier molecular flexibility index (Phi) is 5.26. The van der Waals surface area contributed by atoms with Gasteiger partial charge >= 0.3 is 6.18 Å². The summed E-state index contributed by atoms with van der Waals surface area (Å²) >= 11 is 0. The number of ether oxygens (including phenoxy) is 1. The molecule has 0 aromatic heterocycles. The van der Waals surface area contributed by atoms with Crippen molar-refractivity contribution < 1.29 is 17.9 Å². The van der Waals surface area contributed by atoms with Gasteiger partial charge in [-0.05, 0) is 44.2 Å². The summed E-state index contributed by atoms with van der Waals surface area (Å²) in [7, 11) is 0. The first-order valence-electron chi connectivity index (χ1n) is 7.08. The lowest BCUT2D eigenvalue weighted by Crippen LogP contribution is -2.07. The fourth-order valence-electron chi connectivity index (χ4n) is 1.89. The zero-order valence-electron chi connectivity index (χ0n) is 12.8. The van der Waals surface area contributed by atoms with Crippen molar-refractivity contribution >= 4 is 11.9 Å². The van der Waals surface area contributed by atoms with Crippen LogP contribution in [0.5, 0.6) is 5.75 Å². The number of halogens is 3. The van der Waals surface area contributed by atoms with Crippen LogP contribution in [0.3, 0.4) is 0 Å². The molecule has 3 nitrogen and oxygen atoms in total. The molecule has 0 radical (unpaired) electrons. The molecule has 0 amide bonds. The van der Waals surface area contributed by atoms with Gasteiger partial charge in [0.25, 0.3) is 0 Å². The molecule has 2 aromatic carbocycles. The van der Waals surface area contributed by atoms with E-state index in [9.17, 15) is 13.2 Å². The van der Waals surface area contributed by atoms with Crippen molar-refractivity contribution in [3.8, 4) is 5.75 Å². The molecule has 0 fully saturated rings. The quantitative estimate of drug-likeness (QED) is 0.625. The summed E-state index contributed by atoms with van der Waals surface area (Å²) in [5, 5.41) is 3.98. The van der Waals surface area contributed by atoms with Gasteiger partial charge in [-0.25, -0.2) is 0 Å². The van der Waals surface area contributed by atoms with Crippen molar-refractivity contribution in [2.45, 2.75) is 26.1 Å². The highest BCUT2D eigenvalue weighted by molar-refractivity contribution is 5.84. The van der Waals surface area contributed by atoms with E-state index >= 15 is 0 Å². The normalized spacial score (nSPS) is 11.9. The number of hydrogen-bond donors (Lipinski definition) is 1. The van der Waals surface area contributed by atoms with Crippen LogP contribution in [0.4, 0.5) is 18.9 Å². The molecular weight excluding hydrogens is 305 g/mol. The Balaban J connectivity index is 2.11. The van der Waals surface area contributed by atoms with Gasteiger partial charge in [0.05, 0.1) is 23.6 Å². The molecule has 122 valence electrons. The molecule has 0 spiro atoms. The van der Waals surface area contributed by atoms with E-state index in [1.807, 2.05) is 38.1 Å². The molecule has 0 unspecified atom stereocenters. The van der Waals surface area contributed by atoms with Crippen molar-refractivity contribution in [3.63, 3.8) is 0 Å². The van der Waals surface area contributed by atoms with Gasteiger partial charge in [-0.15, -0.1) is 0 Å². The van der Waals surface area contributed by atoms with Crippen LogP contribution in [0.25, 0.3) is 0 Å². The monoisotopic (exact) mass is 322 g/mol. The molecule has 0 atom stereocenters. The number of anilines is 1. The zero-order chi connectivity index (χ0) is 16.9. The Bertz CT molecular complexity index is 682. The maximum atomic E-state index is 12.6. The summed E-state index contributed by atoms with van der Waals surface area (Å²) in [5.41, 5.74) is 2.88. The van der Waals surface area contributed by atoms with E-state index in [0.717, 1.165) is 17.7 Å². The van der Waals surface area contributed by atoms with Gasteiger partial charge < -0.3 is 4.74 Å². The van der Waals surface area contributed by atoms with Gasteiger partial charge in [0, 0.05) is 5.56 Å². The van der Waals surface area contributed by atoms with Gasteiger partial charge in [-0.2, -0.15) is 18.3 Å². The van der Waals surface area contributed by atoms with Crippen LogP contribution in [-0.2, 0) is 6.18 Å². The fraction of sp³-hybridized carbons (Fsp3) is 0.235. The third-order valence-electron chi connectivity index (χ3n) is 2.87. The van der Waals surface area contributed by atoms with Gasteiger partial charge in [-0.3, -0.25) is 5.43 Å². The summed E-state index contributed by atoms with van der Waals surface area (Å²) in [6.07, 6.45) is -2.85. The van der Waals surface area contributed by atoms with E-state index in [-0.39, 0.29) is 11.8 Å². The summed E-state index contributed by atoms with van der Waals surface area (Å²) < 4.78 is 43.6. The molecule has 6 heteroatoms. The molecule has 0 aliphatic rings. The highest BCUT2D eigenvalue weighted by Crippen LogP contribution is 2.30. The Morgan fingerprint density at radius 1 is 1.09 bits per heavy atom. The van der Waals surface area contributed by atoms with Crippen LogP contribution in [0, 0.1) is 0 Å². The predicted molar refractivity (Wildman–Crippen MR) is 84.9 cm³/mol. The second kappa shape index (κ2) is 7.17. The van der Waals surface area contributed by atoms with Crippen molar-refractivity contribution in [1.29, 1.82) is 0 Å². The van der Waals surface area contributed by atoms with Crippen LogP contribution in [0.15, 0.2) is 53.6 Å². The largest absolute Gasteiger partial charge is 0.490 e. The van der Waals surface area contributed by atoms with Crippen LogP contribution < -0.4 is 10.2 Å². The minimum absolute atomic E-state index is 0.0148. The Labute approximate surface area is 132 Å². The van der Waals surface area contributed by atoms with E-state index < -0.39 is 11.7 Å². The highest BCUT2D eigenvalue weighted by Gasteiger charge is 2.30. The number of nitrogens with one attached hydrogen (secondary N) is 1. The Hall–Kier alpha value is -2.50. The van der Waals surface area contributed by atoms with E-state index in [2.05, 4.69) is 10.5 Å². The van der Waals surface area contributed by atoms with Crippen LogP contribution in [0.2, 0.25) is 0 Å². The van der Waals surface area contributed by atoms with Gasteiger partial charge in [0.2, 0.25) is 0 Å². The second-order valence-electron chi connectivity index (χ2n) is 5.15. The van der Waals surface area contributed by atoms with Crippen molar-refractivity contribution in [2.24, 2.45) is 5.10 Å². The topological polar surface area (TPSA) is 33.6 Å². The summed E-state index contributed by atoms with van der Waals surface area (Å²) in [6.45, 7) is 3.82. The minimum atomic E-state index is -4.38. The fourth-order valence-corrected chi connectivity index (χ4v) is 1.89. The predicted octanol–water partition coefficient (Wildman–Crippen LogP) is 4.94. The number of hydrogen-bond acceptors (Lipinski definition) is 3. The summed E-state index contributed by atoms with van der Waals surface area (Å²) in [4.78, 5) is 0. The van der Waals surface area contributed by atoms with Crippen LogP contribution in [-0.4, -0.2) is 12.3 Å². The number of para-hydroxylation sites is 1. The highest BCUT2D eigenvalue weighted by atomic mass is 19.4. The molecule has 1 N–H and O–H groups in total. The maximum absolute atomic E-state index is 12.6. The third-order valence-corrected chi connectivity index (χ3v) is 2.87. The summed E-state index contributed by atoms with van der Waals surface area (Å²) in [5.74, 6) is 0.664. The Morgan fingerprint density at radius 3 is 2.52 bits per heavy atom. The third kappa shape index (κ3) is 5.02. The SMILES string of the molecule is CC(C)Oc1ccccc1C=NNc1cccc(C(F)(F)F)c1. The maximum Gasteiger partial charge on any atom is 0.416 e. The molecule has 0 saturated carbocycles. The summed E-state index contributed by atoms with van der Waals surface area (Å²) in [6, 6.07) is 12.2. The van der Waals surface area contributed by atoms with E-state index in [1.54, 1.807) is 0 Å². The molecule has 2 aromatic rings. The van der Waals surface area contributed by atoms with Crippen molar-refractivity contribution in [3.05, 3.63) is 59.7 Å². The smallest absolute Gasteiger partial charge is 0.416 e.